The first-order valence-corrected chi connectivity index (χ1v) is 12.3. The van der Waals surface area contributed by atoms with Crippen molar-refractivity contribution in [1.82, 2.24) is 14.1 Å². The van der Waals surface area contributed by atoms with Crippen LogP contribution in [0.1, 0.15) is 11.3 Å². The second kappa shape index (κ2) is 8.22. The van der Waals surface area contributed by atoms with E-state index in [1.165, 1.54) is 25.3 Å². The molecule has 33 heavy (non-hydrogen) atoms. The molecule has 0 aliphatic rings. The quantitative estimate of drug-likeness (QED) is 0.519. The highest BCUT2D eigenvalue weighted by Gasteiger charge is 2.46. The maximum Gasteiger partial charge on any atom is 0.501 e. The number of aromatic hydroxyl groups is 1. The Morgan fingerprint density at radius 1 is 1.09 bits per heavy atom. The fourth-order valence-corrected chi connectivity index (χ4v) is 4.22. The van der Waals surface area contributed by atoms with Crippen LogP contribution in [0, 0.1) is 6.92 Å². The summed E-state index contributed by atoms with van der Waals surface area (Å²) in [5.74, 6) is -0.485. The van der Waals surface area contributed by atoms with Gasteiger partial charge in [0.25, 0.3) is 9.84 Å². The number of imidazole rings is 1. The van der Waals surface area contributed by atoms with Crippen LogP contribution in [0.2, 0.25) is 0 Å². The summed E-state index contributed by atoms with van der Waals surface area (Å²) in [6, 6.07) is 6.20. The van der Waals surface area contributed by atoms with Crippen LogP contribution in [0.15, 0.2) is 52.3 Å². The van der Waals surface area contributed by atoms with Crippen LogP contribution >= 0.6 is 0 Å². The van der Waals surface area contributed by atoms with Gasteiger partial charge in [-0.15, -0.1) is 0 Å². The van der Waals surface area contributed by atoms with E-state index in [9.17, 15) is 39.9 Å². The van der Waals surface area contributed by atoms with Crippen molar-refractivity contribution in [3.05, 3.63) is 64.3 Å². The average Bonchev–Trinajstić information content (AvgIpc) is 2.89. The number of aromatic nitrogens is 3. The molecule has 2 N–H and O–H groups in total. The molecule has 2 heterocycles. The smallest absolute Gasteiger partial charge is 0.493 e. The maximum absolute atomic E-state index is 12.9. The lowest BCUT2D eigenvalue weighted by Gasteiger charge is -2.09. The van der Waals surface area contributed by atoms with E-state index in [1.54, 1.807) is 0 Å². The predicted molar refractivity (Wildman–Crippen MR) is 111 cm³/mol. The first kappa shape index (κ1) is 24.3. The van der Waals surface area contributed by atoms with Crippen LogP contribution in [0.4, 0.5) is 19.0 Å². The van der Waals surface area contributed by atoms with Gasteiger partial charge in [0.1, 0.15) is 5.82 Å². The van der Waals surface area contributed by atoms with Crippen LogP contribution in [-0.2, 0) is 26.4 Å². The number of rotatable bonds is 6. The van der Waals surface area contributed by atoms with Gasteiger partial charge < -0.3 is 5.11 Å². The number of sulfonamides is 1. The molecule has 178 valence electrons. The third-order valence-corrected chi connectivity index (χ3v) is 6.61. The number of nitrogens with zero attached hydrogens (tertiary/aromatic N) is 3. The zero-order valence-corrected chi connectivity index (χ0v) is 18.7. The second-order valence-corrected chi connectivity index (χ2v) is 10.7. The molecule has 0 amide bonds. The van der Waals surface area contributed by atoms with Gasteiger partial charge in [-0.2, -0.15) is 13.2 Å². The number of alkyl halides is 3. The Morgan fingerprint density at radius 2 is 1.70 bits per heavy atom. The van der Waals surface area contributed by atoms with Crippen LogP contribution in [0.5, 0.6) is 5.88 Å². The molecular formula is C18H17F3N4O6S2. The van der Waals surface area contributed by atoms with E-state index < -0.39 is 41.8 Å². The Bertz CT molecular complexity index is 1470. The lowest BCUT2D eigenvalue weighted by molar-refractivity contribution is -0.0436. The molecule has 0 saturated heterocycles. The normalized spacial score (nSPS) is 12.6. The van der Waals surface area contributed by atoms with Crippen LogP contribution < -0.4 is 10.4 Å². The van der Waals surface area contributed by atoms with Gasteiger partial charge in [0.05, 0.1) is 29.1 Å². The molecular weight excluding hydrogens is 489 g/mol. The molecule has 15 heteroatoms. The largest absolute Gasteiger partial charge is 0.501 e. The lowest BCUT2D eigenvalue weighted by atomic mass is 10.2. The first-order chi connectivity index (χ1) is 15.1. The molecule has 0 radical (unpaired) electrons. The molecule has 0 unspecified atom stereocenters. The maximum atomic E-state index is 12.9. The third-order valence-electron chi connectivity index (χ3n) is 4.53. The minimum Gasteiger partial charge on any atom is -0.493 e. The summed E-state index contributed by atoms with van der Waals surface area (Å²) in [5, 5.41) is 10.4. The summed E-state index contributed by atoms with van der Waals surface area (Å²) in [7, 11) is -9.15. The Kier molecular flexibility index (Phi) is 6.06. The van der Waals surface area contributed by atoms with Crippen molar-refractivity contribution in [2.24, 2.45) is 0 Å². The third kappa shape index (κ3) is 4.88. The highest BCUT2D eigenvalue weighted by Crippen LogP contribution is 2.31. The van der Waals surface area contributed by atoms with E-state index >= 15 is 0 Å². The van der Waals surface area contributed by atoms with Gasteiger partial charge in [-0.1, -0.05) is 0 Å². The molecule has 0 aliphatic carbocycles. The number of anilines is 1. The molecule has 0 bridgehead atoms. The Balaban J connectivity index is 1.99. The van der Waals surface area contributed by atoms with E-state index in [0.29, 0.717) is 17.7 Å². The minimum atomic E-state index is -5.57. The Morgan fingerprint density at radius 3 is 2.24 bits per heavy atom. The van der Waals surface area contributed by atoms with Gasteiger partial charge in [-0.25, -0.2) is 31.2 Å². The number of hydrogen-bond donors (Lipinski definition) is 2. The summed E-state index contributed by atoms with van der Waals surface area (Å²) < 4.78 is 88.1. The number of hydrogen-bond acceptors (Lipinski definition) is 7. The van der Waals surface area contributed by atoms with E-state index in [1.807, 2.05) is 0 Å². The minimum absolute atomic E-state index is 0.0193. The second-order valence-electron chi connectivity index (χ2n) is 6.98. The van der Waals surface area contributed by atoms with E-state index in [0.717, 1.165) is 27.5 Å². The van der Waals surface area contributed by atoms with Gasteiger partial charge in [-0.3, -0.25) is 9.29 Å². The zero-order chi connectivity index (χ0) is 24.8. The Hall–Kier alpha value is -3.33. The molecule has 3 rings (SSSR count). The molecule has 10 nitrogen and oxygen atoms in total. The molecule has 0 spiro atoms. The number of nitrogens with one attached hydrogen (secondary N) is 1. The highest BCUT2D eigenvalue weighted by atomic mass is 32.2. The predicted octanol–water partition coefficient (Wildman–Crippen LogP) is 1.76. The van der Waals surface area contributed by atoms with Gasteiger partial charge in [0, 0.05) is 6.20 Å². The molecule has 2 aromatic heterocycles. The van der Waals surface area contributed by atoms with Crippen LogP contribution in [-0.4, -0.2) is 47.8 Å². The van der Waals surface area contributed by atoms with E-state index in [-0.39, 0.29) is 23.7 Å². The summed E-state index contributed by atoms with van der Waals surface area (Å²) >= 11 is 0. The summed E-state index contributed by atoms with van der Waals surface area (Å²) in [5.41, 5.74) is -5.73. The van der Waals surface area contributed by atoms with Crippen molar-refractivity contribution in [3.63, 3.8) is 0 Å². The van der Waals surface area contributed by atoms with E-state index in [2.05, 4.69) is 9.71 Å². The number of halogens is 3. The zero-order valence-electron chi connectivity index (χ0n) is 17.0. The van der Waals surface area contributed by atoms with Crippen LogP contribution in [0.25, 0.3) is 5.69 Å². The highest BCUT2D eigenvalue weighted by molar-refractivity contribution is 7.92. The summed E-state index contributed by atoms with van der Waals surface area (Å²) in [6.07, 6.45) is 2.26. The van der Waals surface area contributed by atoms with Crippen molar-refractivity contribution >= 4 is 25.7 Å². The van der Waals surface area contributed by atoms with Crippen molar-refractivity contribution < 1.29 is 35.1 Å². The van der Waals surface area contributed by atoms with Crippen molar-refractivity contribution in [3.8, 4) is 11.6 Å². The SMILES string of the molecule is Cc1c(O)n(-c2ccc(S(=O)(=O)C(F)(F)F)cc2)c(=O)n1Cc1ccnc(NS(C)(=O)=O)c1. The number of benzene rings is 1. The average molecular weight is 506 g/mol. The molecule has 0 fully saturated rings. The topological polar surface area (TPSA) is 140 Å². The molecule has 3 aromatic rings. The fourth-order valence-electron chi connectivity index (χ4n) is 2.97. The van der Waals surface area contributed by atoms with Crippen molar-refractivity contribution in [2.45, 2.75) is 23.9 Å². The summed E-state index contributed by atoms with van der Waals surface area (Å²) in [4.78, 5) is 15.8. The van der Waals surface area contributed by atoms with Gasteiger partial charge >= 0.3 is 11.2 Å². The number of sulfone groups is 1. The van der Waals surface area contributed by atoms with Gasteiger partial charge in [0.15, 0.2) is 0 Å². The molecule has 0 aliphatic heterocycles. The summed E-state index contributed by atoms with van der Waals surface area (Å²) in [6.45, 7) is 1.33. The molecule has 0 atom stereocenters. The van der Waals surface area contributed by atoms with Gasteiger partial charge in [0.2, 0.25) is 15.9 Å². The van der Waals surface area contributed by atoms with Crippen molar-refractivity contribution in [1.29, 1.82) is 0 Å². The van der Waals surface area contributed by atoms with Gasteiger partial charge in [-0.05, 0) is 48.9 Å². The van der Waals surface area contributed by atoms with E-state index in [4.69, 9.17) is 0 Å². The van der Waals surface area contributed by atoms with Crippen LogP contribution in [0.3, 0.4) is 0 Å². The number of pyridine rings is 1. The molecule has 0 saturated carbocycles. The monoisotopic (exact) mass is 506 g/mol. The standard InChI is InChI=1S/C18H17F3N4O6S2/c1-11-16(26)25(13-3-5-14(6-4-13)33(30,31)18(19,20)21)17(27)24(11)10-12-7-8-22-15(9-12)23-32(2,28)29/h3-9,26H,10H2,1-2H3,(H,22,23). The van der Waals surface area contributed by atoms with Crippen molar-refractivity contribution in [2.75, 3.05) is 11.0 Å². The molecule has 1 aromatic carbocycles. The first-order valence-electron chi connectivity index (χ1n) is 8.97. The lowest BCUT2D eigenvalue weighted by Crippen LogP contribution is -2.25. The fraction of sp³-hybridized carbons (Fsp3) is 0.222. The Labute approximate surface area is 185 Å².